The van der Waals surface area contributed by atoms with E-state index in [1.807, 2.05) is 69.7 Å². The molecule has 0 fully saturated rings. The Morgan fingerprint density at radius 1 is 0.867 bits per heavy atom. The van der Waals surface area contributed by atoms with Crippen molar-refractivity contribution >= 4 is 30.1 Å². The molecule has 2 heterocycles. The van der Waals surface area contributed by atoms with Crippen LogP contribution in [0, 0.1) is 0 Å². The predicted octanol–water partition coefficient (Wildman–Crippen LogP) is 1.69. The third-order valence-corrected chi connectivity index (χ3v) is 4.04. The maximum atomic E-state index is 5.68. The molecular weight excluding hydrogens is 376 g/mol. The first-order valence-electron chi connectivity index (χ1n) is 9.44. The van der Waals surface area contributed by atoms with Gasteiger partial charge in [0.2, 0.25) is 0 Å². The number of nitrogens with zero attached hydrogens (tertiary/aromatic N) is 5. The normalized spacial score (nSPS) is 15.9. The molecule has 4 rings (SSSR count). The Morgan fingerprint density at radius 2 is 1.40 bits per heavy atom. The van der Waals surface area contributed by atoms with Gasteiger partial charge in [0.15, 0.2) is 17.5 Å². The van der Waals surface area contributed by atoms with Crippen LogP contribution in [0.4, 0.5) is 0 Å². The quantitative estimate of drug-likeness (QED) is 0.662. The minimum absolute atomic E-state index is 0.553. The van der Waals surface area contributed by atoms with Crippen molar-refractivity contribution in [2.75, 3.05) is 34.9 Å². The molecule has 0 aromatic heterocycles. The number of hydrogen-bond donors (Lipinski definition) is 3. The van der Waals surface area contributed by atoms with Crippen LogP contribution in [0.1, 0.15) is 22.3 Å². The molecule has 8 heteroatoms. The molecule has 2 aliphatic heterocycles. The van der Waals surface area contributed by atoms with Gasteiger partial charge in [0.1, 0.15) is 5.84 Å². The molecule has 0 radical (unpaired) electrons. The molecule has 0 bridgehead atoms. The fourth-order valence-electron chi connectivity index (χ4n) is 2.80. The van der Waals surface area contributed by atoms with Crippen LogP contribution in [0.5, 0.6) is 0 Å². The van der Waals surface area contributed by atoms with Gasteiger partial charge in [-0.15, -0.1) is 0 Å². The maximum absolute atomic E-state index is 5.68. The van der Waals surface area contributed by atoms with E-state index in [0.29, 0.717) is 18.3 Å². The van der Waals surface area contributed by atoms with Crippen LogP contribution in [0.15, 0.2) is 73.5 Å². The van der Waals surface area contributed by atoms with E-state index in [2.05, 4.69) is 42.3 Å². The maximum Gasteiger partial charge on any atom is 0.161 e. The molecule has 0 unspecified atom stereocenters. The van der Waals surface area contributed by atoms with E-state index in [4.69, 9.17) is 5.73 Å². The second kappa shape index (κ2) is 11.5. The Bertz CT molecular complexity index is 1000. The minimum Gasteiger partial charge on any atom is -0.383 e. The van der Waals surface area contributed by atoms with Gasteiger partial charge in [-0.1, -0.05) is 48.5 Å². The molecule has 0 saturated heterocycles. The Balaban J connectivity index is 0.000000193. The summed E-state index contributed by atoms with van der Waals surface area (Å²) in [7, 11) is 7.31. The summed E-state index contributed by atoms with van der Waals surface area (Å²) in [6.07, 6.45) is 0. The zero-order valence-electron chi connectivity index (χ0n) is 17.8. The van der Waals surface area contributed by atoms with E-state index in [1.54, 1.807) is 7.05 Å². The van der Waals surface area contributed by atoms with Crippen LogP contribution in [0.25, 0.3) is 0 Å². The summed E-state index contributed by atoms with van der Waals surface area (Å²) in [6.45, 7) is 4.06. The molecule has 0 aliphatic carbocycles. The van der Waals surface area contributed by atoms with Gasteiger partial charge in [-0.05, 0) is 27.9 Å². The van der Waals surface area contributed by atoms with Crippen LogP contribution in [-0.2, 0) is 0 Å². The lowest BCUT2D eigenvalue weighted by Crippen LogP contribution is -2.09. The summed E-state index contributed by atoms with van der Waals surface area (Å²) in [6, 6.07) is 15.7. The second-order valence-corrected chi connectivity index (χ2v) is 6.22. The second-order valence-electron chi connectivity index (χ2n) is 6.22. The van der Waals surface area contributed by atoms with Gasteiger partial charge < -0.3 is 16.4 Å². The van der Waals surface area contributed by atoms with E-state index in [9.17, 15) is 0 Å². The fraction of sp³-hybridized carbons (Fsp3) is 0.227. The summed E-state index contributed by atoms with van der Waals surface area (Å²) >= 11 is 0. The molecule has 4 N–H and O–H groups in total. The van der Waals surface area contributed by atoms with Crippen molar-refractivity contribution in [2.45, 2.75) is 0 Å². The minimum atomic E-state index is 0.553. The summed E-state index contributed by atoms with van der Waals surface area (Å²) in [4.78, 5) is 20.7. The fourth-order valence-corrected chi connectivity index (χ4v) is 2.80. The van der Waals surface area contributed by atoms with Gasteiger partial charge in [0.25, 0.3) is 0 Å². The summed E-state index contributed by atoms with van der Waals surface area (Å²) < 4.78 is 0. The van der Waals surface area contributed by atoms with Crippen molar-refractivity contribution in [3.63, 3.8) is 0 Å². The van der Waals surface area contributed by atoms with Crippen molar-refractivity contribution in [2.24, 2.45) is 30.7 Å². The number of fused-ring (bicyclic) bond motifs is 2. The van der Waals surface area contributed by atoms with Gasteiger partial charge in [0, 0.05) is 29.3 Å². The third-order valence-electron chi connectivity index (χ3n) is 4.04. The van der Waals surface area contributed by atoms with Crippen molar-refractivity contribution < 1.29 is 0 Å². The summed E-state index contributed by atoms with van der Waals surface area (Å²) in [5, 5.41) is 5.71. The Morgan fingerprint density at radius 3 is 1.93 bits per heavy atom. The number of rotatable bonds is 2. The molecule has 0 saturated carbocycles. The van der Waals surface area contributed by atoms with E-state index in [1.165, 1.54) is 0 Å². The van der Waals surface area contributed by atoms with Gasteiger partial charge in [-0.2, -0.15) is 0 Å². The van der Waals surface area contributed by atoms with E-state index >= 15 is 0 Å². The molecule has 0 spiro atoms. The summed E-state index contributed by atoms with van der Waals surface area (Å²) in [5.74, 6) is 2.66. The molecule has 2 aromatic carbocycles. The van der Waals surface area contributed by atoms with E-state index in [-0.39, 0.29) is 0 Å². The van der Waals surface area contributed by atoms with Gasteiger partial charge >= 0.3 is 0 Å². The molecule has 30 heavy (non-hydrogen) atoms. The average Bonchev–Trinajstić information content (AvgIpc) is 3.31. The highest BCUT2D eigenvalue weighted by Crippen LogP contribution is 2.19. The number of nitrogens with two attached hydrogens (primary N) is 1. The molecule has 0 atom stereocenters. The highest BCUT2D eigenvalue weighted by Gasteiger charge is 2.19. The van der Waals surface area contributed by atoms with Crippen molar-refractivity contribution in [3.8, 4) is 0 Å². The van der Waals surface area contributed by atoms with Crippen LogP contribution in [-0.4, -0.2) is 64.9 Å². The molecule has 2 aromatic rings. The number of hydrogen-bond acceptors (Lipinski definition) is 6. The van der Waals surface area contributed by atoms with Gasteiger partial charge in [-0.25, -0.2) is 15.0 Å². The number of aliphatic imine (C=N–C) groups is 5. The van der Waals surface area contributed by atoms with Gasteiger partial charge in [0.05, 0.1) is 6.67 Å². The standard InChI is InChI=1S/C11H12N4.C9H9N3.C2H7N/c1-12-7-14-11-9-6-4-3-5-8(9)10(13-2)15-11;1-11-9-7-5-3-2-4-6(7)8(10)12-9;1-3-2/h3-6,12H,2,7H2,1H3;2-5H,1H3,(H2,10,11,12);3H,1-2H3/b14-11-;;. The average molecular weight is 405 g/mol. The Labute approximate surface area is 177 Å². The number of nitrogens with one attached hydrogen (secondary N) is 2. The van der Waals surface area contributed by atoms with Crippen molar-refractivity contribution in [3.05, 3.63) is 70.8 Å². The van der Waals surface area contributed by atoms with Crippen molar-refractivity contribution in [1.29, 1.82) is 0 Å². The smallest absolute Gasteiger partial charge is 0.161 e. The number of benzene rings is 2. The van der Waals surface area contributed by atoms with Crippen LogP contribution >= 0.6 is 0 Å². The molecular formula is C22H28N8. The topological polar surface area (TPSA) is 112 Å². The highest BCUT2D eigenvalue weighted by atomic mass is 15.1. The lowest BCUT2D eigenvalue weighted by molar-refractivity contribution is 0.834. The molecule has 8 nitrogen and oxygen atoms in total. The van der Waals surface area contributed by atoms with Crippen LogP contribution in [0.3, 0.4) is 0 Å². The zero-order chi connectivity index (χ0) is 21.9. The lowest BCUT2D eigenvalue weighted by Gasteiger charge is -1.97. The first kappa shape index (κ1) is 22.8. The number of amidine groups is 4. The van der Waals surface area contributed by atoms with Crippen LogP contribution < -0.4 is 16.4 Å². The largest absolute Gasteiger partial charge is 0.383 e. The van der Waals surface area contributed by atoms with Crippen LogP contribution in [0.2, 0.25) is 0 Å². The Hall–Kier alpha value is -3.49. The lowest BCUT2D eigenvalue weighted by atomic mass is 10.1. The SMILES string of the molecule is C=NC1=N/C(=N\CNC)c2ccccc21.CN=C1N=C(N)c2ccccc21.CNC. The molecule has 156 valence electrons. The van der Waals surface area contributed by atoms with E-state index in [0.717, 1.165) is 33.9 Å². The Kier molecular flexibility index (Phi) is 8.74. The highest BCUT2D eigenvalue weighted by molar-refractivity contribution is 6.23. The first-order valence-corrected chi connectivity index (χ1v) is 9.44. The monoisotopic (exact) mass is 404 g/mol. The predicted molar refractivity (Wildman–Crippen MR) is 128 cm³/mol. The first-order chi connectivity index (χ1) is 14.6. The zero-order valence-corrected chi connectivity index (χ0v) is 17.8. The molecule has 2 aliphatic rings. The molecule has 0 amide bonds. The third kappa shape index (κ3) is 5.31. The van der Waals surface area contributed by atoms with E-state index < -0.39 is 0 Å². The van der Waals surface area contributed by atoms with Gasteiger partial charge in [-0.3, -0.25) is 9.98 Å². The van der Waals surface area contributed by atoms with Crippen molar-refractivity contribution in [1.82, 2.24) is 10.6 Å². The summed E-state index contributed by atoms with van der Waals surface area (Å²) in [5.41, 5.74) is 9.72.